The summed E-state index contributed by atoms with van der Waals surface area (Å²) in [5.41, 5.74) is 9.99. The van der Waals surface area contributed by atoms with E-state index in [1.165, 1.54) is 11.1 Å². The van der Waals surface area contributed by atoms with Gasteiger partial charge in [-0.1, -0.05) is 30.3 Å². The van der Waals surface area contributed by atoms with Crippen molar-refractivity contribution in [3.63, 3.8) is 0 Å². The normalized spacial score (nSPS) is 14.7. The molecule has 3 rings (SSSR count). The number of anilines is 1. The quantitative estimate of drug-likeness (QED) is 0.939. The lowest BCUT2D eigenvalue weighted by Crippen LogP contribution is -2.27. The first-order valence-corrected chi connectivity index (χ1v) is 7.58. The molecule has 0 saturated heterocycles. The Morgan fingerprint density at radius 3 is 2.24 bits per heavy atom. The molecule has 0 atom stereocenters. The van der Waals surface area contributed by atoms with Gasteiger partial charge < -0.3 is 10.6 Å². The number of halogens is 1. The second kappa shape index (κ2) is 6.27. The first-order valence-electron chi connectivity index (χ1n) is 7.58. The van der Waals surface area contributed by atoms with E-state index < -0.39 is 0 Å². The minimum atomic E-state index is -0.132. The van der Waals surface area contributed by atoms with Crippen molar-refractivity contribution >= 4 is 5.69 Å². The number of nitrogens with zero attached hydrogens (tertiary/aromatic N) is 1. The molecule has 0 spiro atoms. The van der Waals surface area contributed by atoms with Crippen molar-refractivity contribution in [3.8, 4) is 0 Å². The Morgan fingerprint density at radius 2 is 1.67 bits per heavy atom. The number of nitrogens with two attached hydrogens (primary N) is 1. The molecule has 2 aromatic carbocycles. The predicted octanol–water partition coefficient (Wildman–Crippen LogP) is 2.93. The molecule has 110 valence electrons. The summed E-state index contributed by atoms with van der Waals surface area (Å²) < 4.78 is 14.3. The fraction of sp³-hybridized carbons (Fsp3) is 0.333. The first kappa shape index (κ1) is 14.1. The Morgan fingerprint density at radius 1 is 1.00 bits per heavy atom. The number of rotatable bonds is 3. The molecule has 1 aliphatic rings. The van der Waals surface area contributed by atoms with E-state index in [0.717, 1.165) is 37.9 Å². The molecule has 2 N–H and O–H groups in total. The number of hydrogen-bond acceptors (Lipinski definition) is 2. The summed E-state index contributed by atoms with van der Waals surface area (Å²) in [6.45, 7) is 2.28. The molecule has 0 bridgehead atoms. The molecule has 0 fully saturated rings. The van der Waals surface area contributed by atoms with Crippen LogP contribution in [-0.2, 0) is 19.3 Å². The summed E-state index contributed by atoms with van der Waals surface area (Å²) in [6, 6.07) is 14.0. The standard InChI is InChI=1S/C18H21FN2/c19-17-13-14(7-10-20)5-6-18(17)21-11-8-15-3-1-2-4-16(15)9-12-21/h1-6,13H,7-12,20H2. The first-order chi connectivity index (χ1) is 10.3. The van der Waals surface area contributed by atoms with E-state index in [9.17, 15) is 4.39 Å². The molecule has 0 aromatic heterocycles. The smallest absolute Gasteiger partial charge is 0.146 e. The van der Waals surface area contributed by atoms with Crippen LogP contribution in [-0.4, -0.2) is 19.6 Å². The average molecular weight is 284 g/mol. The second-order valence-corrected chi connectivity index (χ2v) is 5.58. The highest BCUT2D eigenvalue weighted by Crippen LogP contribution is 2.24. The summed E-state index contributed by atoms with van der Waals surface area (Å²) in [5.74, 6) is -0.132. The highest BCUT2D eigenvalue weighted by Gasteiger charge is 2.16. The molecule has 0 amide bonds. The van der Waals surface area contributed by atoms with E-state index in [-0.39, 0.29) is 5.82 Å². The van der Waals surface area contributed by atoms with Crippen LogP contribution in [0.15, 0.2) is 42.5 Å². The van der Waals surface area contributed by atoms with Crippen LogP contribution < -0.4 is 10.6 Å². The minimum absolute atomic E-state index is 0.132. The van der Waals surface area contributed by atoms with Crippen molar-refractivity contribution in [3.05, 3.63) is 65.0 Å². The highest BCUT2D eigenvalue weighted by atomic mass is 19.1. The van der Waals surface area contributed by atoms with Gasteiger partial charge in [0.15, 0.2) is 0 Å². The second-order valence-electron chi connectivity index (χ2n) is 5.58. The minimum Gasteiger partial charge on any atom is -0.369 e. The fourth-order valence-electron chi connectivity index (χ4n) is 3.04. The van der Waals surface area contributed by atoms with Crippen molar-refractivity contribution in [2.75, 3.05) is 24.5 Å². The van der Waals surface area contributed by atoms with Crippen LogP contribution in [0.4, 0.5) is 10.1 Å². The monoisotopic (exact) mass is 284 g/mol. The zero-order chi connectivity index (χ0) is 14.7. The molecule has 21 heavy (non-hydrogen) atoms. The molecular weight excluding hydrogens is 263 g/mol. The van der Waals surface area contributed by atoms with Crippen LogP contribution in [0.3, 0.4) is 0 Å². The van der Waals surface area contributed by atoms with Gasteiger partial charge in [-0.15, -0.1) is 0 Å². The molecule has 0 unspecified atom stereocenters. The summed E-state index contributed by atoms with van der Waals surface area (Å²) in [4.78, 5) is 2.15. The van der Waals surface area contributed by atoms with E-state index in [1.807, 2.05) is 12.1 Å². The third kappa shape index (κ3) is 3.08. The Balaban J connectivity index is 1.79. The van der Waals surface area contributed by atoms with Gasteiger partial charge in [-0.2, -0.15) is 0 Å². The largest absolute Gasteiger partial charge is 0.369 e. The fourth-order valence-corrected chi connectivity index (χ4v) is 3.04. The number of benzene rings is 2. The molecular formula is C18H21FN2. The van der Waals surface area contributed by atoms with Crippen molar-refractivity contribution in [1.82, 2.24) is 0 Å². The third-order valence-electron chi connectivity index (χ3n) is 4.21. The van der Waals surface area contributed by atoms with Crippen LogP contribution >= 0.6 is 0 Å². The van der Waals surface area contributed by atoms with E-state index >= 15 is 0 Å². The lowest BCUT2D eigenvalue weighted by atomic mass is 10.0. The Hall–Kier alpha value is -1.87. The van der Waals surface area contributed by atoms with E-state index in [4.69, 9.17) is 5.73 Å². The van der Waals surface area contributed by atoms with Gasteiger partial charge >= 0.3 is 0 Å². The van der Waals surface area contributed by atoms with Crippen LogP contribution in [0.25, 0.3) is 0 Å². The molecule has 2 nitrogen and oxygen atoms in total. The maximum Gasteiger partial charge on any atom is 0.146 e. The van der Waals surface area contributed by atoms with Gasteiger partial charge in [0.25, 0.3) is 0 Å². The van der Waals surface area contributed by atoms with Crippen LogP contribution in [0.1, 0.15) is 16.7 Å². The van der Waals surface area contributed by atoms with Gasteiger partial charge in [0, 0.05) is 13.1 Å². The molecule has 0 saturated carbocycles. The molecule has 1 aliphatic heterocycles. The van der Waals surface area contributed by atoms with Crippen molar-refractivity contribution in [2.45, 2.75) is 19.3 Å². The molecule has 1 heterocycles. The van der Waals surface area contributed by atoms with E-state index in [1.54, 1.807) is 6.07 Å². The summed E-state index contributed by atoms with van der Waals surface area (Å²) in [5, 5.41) is 0. The maximum absolute atomic E-state index is 14.3. The average Bonchev–Trinajstić information content (AvgIpc) is 2.71. The van der Waals surface area contributed by atoms with Gasteiger partial charge in [0.1, 0.15) is 5.82 Å². The lowest BCUT2D eigenvalue weighted by molar-refractivity contribution is 0.615. The highest BCUT2D eigenvalue weighted by molar-refractivity contribution is 5.50. The predicted molar refractivity (Wildman–Crippen MR) is 85.2 cm³/mol. The van der Waals surface area contributed by atoms with E-state index in [2.05, 4.69) is 29.2 Å². The zero-order valence-corrected chi connectivity index (χ0v) is 12.2. The van der Waals surface area contributed by atoms with Crippen molar-refractivity contribution < 1.29 is 4.39 Å². The van der Waals surface area contributed by atoms with Crippen molar-refractivity contribution in [1.29, 1.82) is 0 Å². The summed E-state index contributed by atoms with van der Waals surface area (Å²) in [7, 11) is 0. The van der Waals surface area contributed by atoms with Gasteiger partial charge in [0.05, 0.1) is 5.69 Å². The van der Waals surface area contributed by atoms with Crippen molar-refractivity contribution in [2.24, 2.45) is 5.73 Å². The third-order valence-corrected chi connectivity index (χ3v) is 4.21. The molecule has 3 heteroatoms. The van der Waals surface area contributed by atoms with Crippen LogP contribution in [0, 0.1) is 5.82 Å². The Labute approximate surface area is 125 Å². The van der Waals surface area contributed by atoms with Crippen LogP contribution in [0.5, 0.6) is 0 Å². The van der Waals surface area contributed by atoms with Gasteiger partial charge in [-0.3, -0.25) is 0 Å². The van der Waals surface area contributed by atoms with Gasteiger partial charge in [0.2, 0.25) is 0 Å². The lowest BCUT2D eigenvalue weighted by Gasteiger charge is -2.23. The summed E-state index contributed by atoms with van der Waals surface area (Å²) in [6.07, 6.45) is 2.67. The number of hydrogen-bond donors (Lipinski definition) is 1. The van der Waals surface area contributed by atoms with Gasteiger partial charge in [-0.25, -0.2) is 4.39 Å². The molecule has 2 aromatic rings. The van der Waals surface area contributed by atoms with Crippen LogP contribution in [0.2, 0.25) is 0 Å². The maximum atomic E-state index is 14.3. The zero-order valence-electron chi connectivity index (χ0n) is 12.2. The Bertz CT molecular complexity index is 597. The van der Waals surface area contributed by atoms with Gasteiger partial charge in [-0.05, 0) is 54.6 Å². The molecule has 0 aliphatic carbocycles. The Kier molecular flexibility index (Phi) is 4.20. The SMILES string of the molecule is NCCc1ccc(N2CCc3ccccc3CC2)c(F)c1. The molecule has 0 radical (unpaired) electrons. The number of fused-ring (bicyclic) bond motifs is 1. The topological polar surface area (TPSA) is 29.3 Å². The van der Waals surface area contributed by atoms with E-state index in [0.29, 0.717) is 12.2 Å². The summed E-state index contributed by atoms with van der Waals surface area (Å²) >= 11 is 0.